The highest BCUT2D eigenvalue weighted by Crippen LogP contribution is 2.31. The third kappa shape index (κ3) is 2.37. The SMILES string of the molecule is O=C(Nc1nc2c(s1)CCC2)C1CCCCC1. The molecule has 3 nitrogen and oxygen atoms in total. The van der Waals surface area contributed by atoms with Gasteiger partial charge in [0.05, 0.1) is 5.69 Å². The van der Waals surface area contributed by atoms with E-state index in [0.29, 0.717) is 0 Å². The minimum Gasteiger partial charge on any atom is -0.302 e. The van der Waals surface area contributed by atoms with Crippen LogP contribution in [0, 0.1) is 5.92 Å². The fourth-order valence-corrected chi connectivity index (χ4v) is 3.87. The predicted molar refractivity (Wildman–Crippen MR) is 69.3 cm³/mol. The van der Waals surface area contributed by atoms with E-state index in [1.165, 1.54) is 36.3 Å². The number of thiazole rings is 1. The molecule has 1 aromatic rings. The van der Waals surface area contributed by atoms with Crippen LogP contribution >= 0.6 is 11.3 Å². The van der Waals surface area contributed by atoms with Crippen molar-refractivity contribution in [3.05, 3.63) is 10.6 Å². The zero-order valence-electron chi connectivity index (χ0n) is 10.00. The minimum absolute atomic E-state index is 0.192. The van der Waals surface area contributed by atoms with Gasteiger partial charge in [-0.25, -0.2) is 4.98 Å². The molecule has 1 heterocycles. The second kappa shape index (κ2) is 4.77. The Labute approximate surface area is 106 Å². The number of anilines is 1. The summed E-state index contributed by atoms with van der Waals surface area (Å²) in [4.78, 5) is 17.9. The van der Waals surface area contributed by atoms with Gasteiger partial charge in [0, 0.05) is 10.8 Å². The van der Waals surface area contributed by atoms with Crippen molar-refractivity contribution in [1.29, 1.82) is 0 Å². The Hall–Kier alpha value is -0.900. The van der Waals surface area contributed by atoms with Gasteiger partial charge in [0.15, 0.2) is 5.13 Å². The summed E-state index contributed by atoms with van der Waals surface area (Å²) >= 11 is 1.67. The lowest BCUT2D eigenvalue weighted by Crippen LogP contribution is -2.24. The molecule has 0 bridgehead atoms. The number of hydrogen-bond donors (Lipinski definition) is 1. The molecule has 2 aliphatic carbocycles. The number of amides is 1. The van der Waals surface area contributed by atoms with Crippen LogP contribution in [0.2, 0.25) is 0 Å². The Morgan fingerprint density at radius 1 is 1.18 bits per heavy atom. The monoisotopic (exact) mass is 250 g/mol. The molecule has 2 aliphatic rings. The van der Waals surface area contributed by atoms with Crippen molar-refractivity contribution >= 4 is 22.4 Å². The number of rotatable bonds is 2. The number of fused-ring (bicyclic) bond motifs is 1. The third-order valence-electron chi connectivity index (χ3n) is 3.80. The normalized spacial score (nSPS) is 20.2. The highest BCUT2D eigenvalue weighted by Gasteiger charge is 2.23. The zero-order valence-corrected chi connectivity index (χ0v) is 10.8. The fourth-order valence-electron chi connectivity index (χ4n) is 2.82. The van der Waals surface area contributed by atoms with E-state index in [0.717, 1.165) is 30.8 Å². The van der Waals surface area contributed by atoms with E-state index in [4.69, 9.17) is 0 Å². The van der Waals surface area contributed by atoms with Crippen LogP contribution in [-0.2, 0) is 17.6 Å². The summed E-state index contributed by atoms with van der Waals surface area (Å²) in [6, 6.07) is 0. The summed E-state index contributed by atoms with van der Waals surface area (Å²) in [5, 5.41) is 3.83. The molecule has 17 heavy (non-hydrogen) atoms. The number of aryl methyl sites for hydroxylation is 2. The van der Waals surface area contributed by atoms with Gasteiger partial charge in [0.1, 0.15) is 0 Å². The lowest BCUT2D eigenvalue weighted by Gasteiger charge is -2.19. The largest absolute Gasteiger partial charge is 0.302 e. The summed E-state index contributed by atoms with van der Waals surface area (Å²) in [6.45, 7) is 0. The second-order valence-corrected chi connectivity index (χ2v) is 6.15. The van der Waals surface area contributed by atoms with Gasteiger partial charge in [0.2, 0.25) is 5.91 Å². The van der Waals surface area contributed by atoms with Crippen molar-refractivity contribution in [1.82, 2.24) is 4.98 Å². The van der Waals surface area contributed by atoms with E-state index in [1.807, 2.05) is 0 Å². The van der Waals surface area contributed by atoms with Gasteiger partial charge in [-0.15, -0.1) is 11.3 Å². The first-order valence-electron chi connectivity index (χ1n) is 6.62. The van der Waals surface area contributed by atoms with Gasteiger partial charge in [-0.2, -0.15) is 0 Å². The maximum atomic E-state index is 12.0. The van der Waals surface area contributed by atoms with Gasteiger partial charge in [0.25, 0.3) is 0 Å². The van der Waals surface area contributed by atoms with Crippen LogP contribution in [0.3, 0.4) is 0 Å². The Bertz CT molecular complexity index is 400. The first kappa shape index (κ1) is 11.2. The average molecular weight is 250 g/mol. The molecule has 4 heteroatoms. The molecule has 1 aromatic heterocycles. The van der Waals surface area contributed by atoms with E-state index >= 15 is 0 Å². The maximum absolute atomic E-state index is 12.0. The molecule has 0 radical (unpaired) electrons. The van der Waals surface area contributed by atoms with Gasteiger partial charge >= 0.3 is 0 Å². The molecule has 0 saturated heterocycles. The summed E-state index contributed by atoms with van der Waals surface area (Å²) in [6.07, 6.45) is 9.25. The molecule has 0 unspecified atom stereocenters. The van der Waals surface area contributed by atoms with Crippen LogP contribution < -0.4 is 5.32 Å². The Morgan fingerprint density at radius 3 is 2.76 bits per heavy atom. The lowest BCUT2D eigenvalue weighted by atomic mass is 9.89. The fraction of sp³-hybridized carbons (Fsp3) is 0.692. The highest BCUT2D eigenvalue weighted by molar-refractivity contribution is 7.15. The van der Waals surface area contributed by atoms with Crippen LogP contribution in [0.5, 0.6) is 0 Å². The summed E-state index contributed by atoms with van der Waals surface area (Å²) < 4.78 is 0. The van der Waals surface area contributed by atoms with E-state index in [2.05, 4.69) is 10.3 Å². The second-order valence-electron chi connectivity index (χ2n) is 5.07. The number of aromatic nitrogens is 1. The summed E-state index contributed by atoms with van der Waals surface area (Å²) in [5.74, 6) is 0.416. The predicted octanol–water partition coefficient (Wildman–Crippen LogP) is 3.15. The number of carbonyl (C=O) groups is 1. The third-order valence-corrected chi connectivity index (χ3v) is 4.87. The number of carbonyl (C=O) groups excluding carboxylic acids is 1. The van der Waals surface area contributed by atoms with Crippen molar-refractivity contribution in [3.63, 3.8) is 0 Å². The van der Waals surface area contributed by atoms with Crippen LogP contribution in [0.4, 0.5) is 5.13 Å². The minimum atomic E-state index is 0.192. The molecule has 0 aromatic carbocycles. The quantitative estimate of drug-likeness (QED) is 0.876. The maximum Gasteiger partial charge on any atom is 0.229 e. The standard InChI is InChI=1S/C13H18N2OS/c16-12(9-5-2-1-3-6-9)15-13-14-10-7-4-8-11(10)17-13/h9H,1-8H2,(H,14,15,16). The molecular weight excluding hydrogens is 232 g/mol. The van der Waals surface area contributed by atoms with Crippen molar-refractivity contribution in [2.24, 2.45) is 5.92 Å². The molecule has 1 saturated carbocycles. The zero-order chi connectivity index (χ0) is 11.7. The molecule has 0 aliphatic heterocycles. The van der Waals surface area contributed by atoms with Gasteiger partial charge in [-0.1, -0.05) is 19.3 Å². The lowest BCUT2D eigenvalue weighted by molar-refractivity contribution is -0.120. The summed E-state index contributed by atoms with van der Waals surface area (Å²) in [7, 11) is 0. The molecule has 1 N–H and O–H groups in total. The van der Waals surface area contributed by atoms with Gasteiger partial charge in [-0.3, -0.25) is 4.79 Å². The first-order valence-corrected chi connectivity index (χ1v) is 7.44. The first-order chi connectivity index (χ1) is 8.33. The van der Waals surface area contributed by atoms with E-state index in [1.54, 1.807) is 11.3 Å². The van der Waals surface area contributed by atoms with Crippen LogP contribution in [0.1, 0.15) is 49.1 Å². The number of nitrogens with one attached hydrogen (secondary N) is 1. The molecular formula is C13H18N2OS. The van der Waals surface area contributed by atoms with E-state index < -0.39 is 0 Å². The molecule has 0 atom stereocenters. The molecule has 1 fully saturated rings. The average Bonchev–Trinajstić information content (AvgIpc) is 2.90. The van der Waals surface area contributed by atoms with E-state index in [-0.39, 0.29) is 11.8 Å². The highest BCUT2D eigenvalue weighted by atomic mass is 32.1. The molecule has 92 valence electrons. The Balaban J connectivity index is 1.63. The van der Waals surface area contributed by atoms with Crippen molar-refractivity contribution in [2.75, 3.05) is 5.32 Å². The topological polar surface area (TPSA) is 42.0 Å². The van der Waals surface area contributed by atoms with E-state index in [9.17, 15) is 4.79 Å². The Morgan fingerprint density at radius 2 is 2.00 bits per heavy atom. The van der Waals surface area contributed by atoms with Gasteiger partial charge in [-0.05, 0) is 32.1 Å². The molecule has 0 spiro atoms. The Kier molecular flexibility index (Phi) is 3.14. The molecule has 3 rings (SSSR count). The van der Waals surface area contributed by atoms with Crippen molar-refractivity contribution < 1.29 is 4.79 Å². The van der Waals surface area contributed by atoms with Gasteiger partial charge < -0.3 is 5.32 Å². The van der Waals surface area contributed by atoms with Crippen LogP contribution in [0.15, 0.2) is 0 Å². The smallest absolute Gasteiger partial charge is 0.229 e. The number of nitrogens with zero attached hydrogens (tertiary/aromatic N) is 1. The van der Waals surface area contributed by atoms with Crippen LogP contribution in [0.25, 0.3) is 0 Å². The number of hydrogen-bond acceptors (Lipinski definition) is 3. The molecule has 1 amide bonds. The summed E-state index contributed by atoms with van der Waals surface area (Å²) in [5.41, 5.74) is 1.22. The van der Waals surface area contributed by atoms with Crippen molar-refractivity contribution in [2.45, 2.75) is 51.4 Å². The van der Waals surface area contributed by atoms with Crippen molar-refractivity contribution in [3.8, 4) is 0 Å². The van der Waals surface area contributed by atoms with Crippen LogP contribution in [-0.4, -0.2) is 10.9 Å².